The summed E-state index contributed by atoms with van der Waals surface area (Å²) in [7, 11) is 0. The fourth-order valence-corrected chi connectivity index (χ4v) is 2.17. The maximum atomic E-state index is 12.6. The zero-order valence-corrected chi connectivity index (χ0v) is 12.8. The Balaban J connectivity index is 1.98. The van der Waals surface area contributed by atoms with Gasteiger partial charge in [0.05, 0.1) is 17.7 Å². The first kappa shape index (κ1) is 17.8. The predicted molar refractivity (Wildman–Crippen MR) is 84.5 cm³/mol. The molecule has 0 heterocycles. The van der Waals surface area contributed by atoms with Gasteiger partial charge in [-0.1, -0.05) is 36.4 Å². The summed E-state index contributed by atoms with van der Waals surface area (Å²) in [6, 6.07) is 11.8. The van der Waals surface area contributed by atoms with Crippen LogP contribution in [0.5, 0.6) is 0 Å². The molecular weight excluding hydrogens is 321 g/mol. The van der Waals surface area contributed by atoms with Gasteiger partial charge in [-0.05, 0) is 30.7 Å². The Morgan fingerprint density at radius 1 is 1.08 bits per heavy atom. The molecule has 4 nitrogen and oxygen atoms in total. The largest absolute Gasteiger partial charge is 0.416 e. The van der Waals surface area contributed by atoms with Crippen molar-refractivity contribution in [3.63, 3.8) is 0 Å². The van der Waals surface area contributed by atoms with Crippen molar-refractivity contribution >= 4 is 11.7 Å². The van der Waals surface area contributed by atoms with Gasteiger partial charge in [0.2, 0.25) is 0 Å². The lowest BCUT2D eigenvalue weighted by Gasteiger charge is -2.21. The Morgan fingerprint density at radius 2 is 1.75 bits per heavy atom. The summed E-state index contributed by atoms with van der Waals surface area (Å²) in [5, 5.41) is 15.0. The van der Waals surface area contributed by atoms with Crippen LogP contribution in [0.2, 0.25) is 0 Å². The summed E-state index contributed by atoms with van der Waals surface area (Å²) in [6.45, 7) is 1.60. The highest BCUT2D eigenvalue weighted by Gasteiger charge is 2.30. The number of carbonyl (C=O) groups is 1. The van der Waals surface area contributed by atoms with Gasteiger partial charge in [0.25, 0.3) is 0 Å². The minimum absolute atomic E-state index is 0.0173. The zero-order chi connectivity index (χ0) is 17.7. The Hall–Kier alpha value is -2.54. The molecule has 0 bridgehead atoms. The molecule has 0 aliphatic rings. The van der Waals surface area contributed by atoms with Crippen LogP contribution < -0.4 is 10.6 Å². The summed E-state index contributed by atoms with van der Waals surface area (Å²) in [6.07, 6.45) is -5.41. The molecule has 128 valence electrons. The van der Waals surface area contributed by atoms with E-state index >= 15 is 0 Å². The van der Waals surface area contributed by atoms with E-state index in [4.69, 9.17) is 0 Å². The lowest BCUT2D eigenvalue weighted by molar-refractivity contribution is -0.137. The van der Waals surface area contributed by atoms with E-state index < -0.39 is 29.9 Å². The second kappa shape index (κ2) is 7.35. The monoisotopic (exact) mass is 338 g/mol. The predicted octanol–water partition coefficient (Wildman–Crippen LogP) is 3.95. The number of benzene rings is 2. The first-order valence-corrected chi connectivity index (χ1v) is 7.25. The SMILES string of the molecule is CC(NC(=O)Nc1cccc(C(F)(F)F)c1)C(O)c1ccccc1. The molecule has 2 aromatic carbocycles. The molecule has 0 spiro atoms. The third-order valence-corrected chi connectivity index (χ3v) is 3.42. The molecule has 0 aromatic heterocycles. The minimum atomic E-state index is -4.48. The van der Waals surface area contributed by atoms with Crippen molar-refractivity contribution in [3.8, 4) is 0 Å². The van der Waals surface area contributed by atoms with Crippen LogP contribution in [0, 0.1) is 0 Å². The van der Waals surface area contributed by atoms with Crippen molar-refractivity contribution < 1.29 is 23.1 Å². The highest BCUT2D eigenvalue weighted by molar-refractivity contribution is 5.89. The van der Waals surface area contributed by atoms with Crippen LogP contribution in [0.15, 0.2) is 54.6 Å². The number of nitrogens with one attached hydrogen (secondary N) is 2. The molecule has 3 N–H and O–H groups in total. The molecule has 2 amide bonds. The van der Waals surface area contributed by atoms with Crippen molar-refractivity contribution in [1.29, 1.82) is 0 Å². The van der Waals surface area contributed by atoms with E-state index in [-0.39, 0.29) is 5.69 Å². The van der Waals surface area contributed by atoms with Gasteiger partial charge in [-0.25, -0.2) is 4.79 Å². The number of hydrogen-bond acceptors (Lipinski definition) is 2. The molecule has 0 saturated heterocycles. The Labute approximate surface area is 137 Å². The van der Waals surface area contributed by atoms with Crippen LogP contribution in [0.3, 0.4) is 0 Å². The van der Waals surface area contributed by atoms with Gasteiger partial charge in [-0.15, -0.1) is 0 Å². The number of halogens is 3. The van der Waals surface area contributed by atoms with Crippen LogP contribution in [0.4, 0.5) is 23.7 Å². The molecule has 0 aliphatic heterocycles. The van der Waals surface area contributed by atoms with Crippen LogP contribution >= 0.6 is 0 Å². The molecular formula is C17H17F3N2O2. The van der Waals surface area contributed by atoms with E-state index in [1.54, 1.807) is 37.3 Å². The van der Waals surface area contributed by atoms with Crippen molar-refractivity contribution in [1.82, 2.24) is 5.32 Å². The lowest BCUT2D eigenvalue weighted by Crippen LogP contribution is -2.39. The van der Waals surface area contributed by atoms with Gasteiger partial charge >= 0.3 is 12.2 Å². The quantitative estimate of drug-likeness (QED) is 0.790. The van der Waals surface area contributed by atoms with E-state index in [0.29, 0.717) is 5.56 Å². The summed E-state index contributed by atoms with van der Waals surface area (Å²) < 4.78 is 37.9. The summed E-state index contributed by atoms with van der Waals surface area (Å²) in [5.41, 5.74) is -0.203. The average molecular weight is 338 g/mol. The van der Waals surface area contributed by atoms with E-state index in [9.17, 15) is 23.1 Å². The third kappa shape index (κ3) is 4.73. The van der Waals surface area contributed by atoms with Gasteiger partial charge in [0.1, 0.15) is 0 Å². The molecule has 24 heavy (non-hydrogen) atoms. The highest BCUT2D eigenvalue weighted by atomic mass is 19.4. The Kier molecular flexibility index (Phi) is 5.46. The number of anilines is 1. The minimum Gasteiger partial charge on any atom is -0.386 e. The van der Waals surface area contributed by atoms with Gasteiger partial charge in [-0.3, -0.25) is 0 Å². The average Bonchev–Trinajstić information content (AvgIpc) is 2.54. The summed E-state index contributed by atoms with van der Waals surface area (Å²) in [5.74, 6) is 0. The van der Waals surface area contributed by atoms with Crippen LogP contribution in [-0.4, -0.2) is 17.2 Å². The maximum Gasteiger partial charge on any atom is 0.416 e. The molecule has 0 fully saturated rings. The zero-order valence-electron chi connectivity index (χ0n) is 12.8. The van der Waals surface area contributed by atoms with Crippen LogP contribution in [0.25, 0.3) is 0 Å². The molecule has 2 unspecified atom stereocenters. The third-order valence-electron chi connectivity index (χ3n) is 3.42. The molecule has 0 saturated carbocycles. The fourth-order valence-electron chi connectivity index (χ4n) is 2.17. The fraction of sp³-hybridized carbons (Fsp3) is 0.235. The number of rotatable bonds is 4. The van der Waals surface area contributed by atoms with Crippen molar-refractivity contribution in [2.45, 2.75) is 25.2 Å². The smallest absolute Gasteiger partial charge is 0.386 e. The van der Waals surface area contributed by atoms with Crippen molar-refractivity contribution in [2.75, 3.05) is 5.32 Å². The van der Waals surface area contributed by atoms with Gasteiger partial charge in [0.15, 0.2) is 0 Å². The number of urea groups is 1. The second-order valence-corrected chi connectivity index (χ2v) is 5.32. The number of alkyl halides is 3. The summed E-state index contributed by atoms with van der Waals surface area (Å²) in [4.78, 5) is 11.9. The molecule has 0 aliphatic carbocycles. The van der Waals surface area contributed by atoms with Gasteiger partial charge < -0.3 is 15.7 Å². The summed E-state index contributed by atoms with van der Waals surface area (Å²) >= 11 is 0. The Bertz CT molecular complexity index is 690. The van der Waals surface area contributed by atoms with E-state index in [1.807, 2.05) is 0 Å². The maximum absolute atomic E-state index is 12.6. The standard InChI is InChI=1S/C17H17F3N2O2/c1-11(15(23)12-6-3-2-4-7-12)21-16(24)22-14-9-5-8-13(10-14)17(18,19)20/h2-11,15,23H,1H3,(H2,21,22,24). The topological polar surface area (TPSA) is 61.4 Å². The first-order valence-electron chi connectivity index (χ1n) is 7.25. The van der Waals surface area contributed by atoms with Crippen molar-refractivity contribution in [2.24, 2.45) is 0 Å². The van der Waals surface area contributed by atoms with Crippen LogP contribution in [-0.2, 0) is 6.18 Å². The molecule has 2 rings (SSSR count). The highest BCUT2D eigenvalue weighted by Crippen LogP contribution is 2.30. The molecule has 7 heteroatoms. The van der Waals surface area contributed by atoms with Gasteiger partial charge in [0, 0.05) is 5.69 Å². The number of hydrogen-bond donors (Lipinski definition) is 3. The Morgan fingerprint density at radius 3 is 2.38 bits per heavy atom. The van der Waals surface area contributed by atoms with E-state index in [1.165, 1.54) is 12.1 Å². The molecule has 2 atom stereocenters. The van der Waals surface area contributed by atoms with Gasteiger partial charge in [-0.2, -0.15) is 13.2 Å². The first-order chi connectivity index (χ1) is 11.3. The number of amides is 2. The van der Waals surface area contributed by atoms with E-state index in [0.717, 1.165) is 12.1 Å². The van der Waals surface area contributed by atoms with E-state index in [2.05, 4.69) is 10.6 Å². The number of aliphatic hydroxyl groups excluding tert-OH is 1. The second-order valence-electron chi connectivity index (χ2n) is 5.32. The molecule has 2 aromatic rings. The van der Waals surface area contributed by atoms with Crippen LogP contribution in [0.1, 0.15) is 24.2 Å². The molecule has 0 radical (unpaired) electrons. The number of carbonyl (C=O) groups excluding carboxylic acids is 1. The normalized spacial score (nSPS) is 13.9. The van der Waals surface area contributed by atoms with Crippen molar-refractivity contribution in [3.05, 3.63) is 65.7 Å². The lowest BCUT2D eigenvalue weighted by atomic mass is 10.0. The number of aliphatic hydroxyl groups is 1.